The average Bonchev–Trinajstić information content (AvgIpc) is 2.48. The van der Waals surface area contributed by atoms with Crippen LogP contribution in [0.1, 0.15) is 16.1 Å². The van der Waals surface area contributed by atoms with E-state index in [1.165, 1.54) is 43.3 Å². The molecule has 2 aromatic heterocycles. The number of carbonyl (C=O) groups is 1. The minimum atomic E-state index is -1.26. The normalized spacial score (nSPS) is 10.2. The first-order valence-electron chi connectivity index (χ1n) is 6.07. The molecule has 2 heterocycles. The summed E-state index contributed by atoms with van der Waals surface area (Å²) in [7, 11) is 2.97. The number of pyridine rings is 2. The second kappa shape index (κ2) is 6.08. The molecular weight excluding hydrogens is 276 g/mol. The van der Waals surface area contributed by atoms with Gasteiger partial charge in [-0.25, -0.2) is 4.79 Å². The van der Waals surface area contributed by atoms with Crippen LogP contribution < -0.4 is 15.0 Å². The summed E-state index contributed by atoms with van der Waals surface area (Å²) in [5.74, 6) is -0.363. The Hall–Kier alpha value is -2.83. The maximum atomic E-state index is 12.1. The minimum absolute atomic E-state index is 0.0837. The first-order valence-corrected chi connectivity index (χ1v) is 6.07. The smallest absolute Gasteiger partial charge is 0.341 e. The first-order chi connectivity index (χ1) is 10.1. The standard InChI is InChI=1S/C14H14N2O5/c1-20-11-5-6-15-10(12(11)21-2)8-16-7-3-4-9(13(16)17)14(18)19/h3-7H,8H2,1-2H3,(H,18,19). The summed E-state index contributed by atoms with van der Waals surface area (Å²) < 4.78 is 11.7. The molecule has 0 aliphatic heterocycles. The Morgan fingerprint density at radius 1 is 1.33 bits per heavy atom. The van der Waals surface area contributed by atoms with Gasteiger partial charge in [0.25, 0.3) is 5.56 Å². The molecule has 0 saturated heterocycles. The van der Waals surface area contributed by atoms with Crippen molar-refractivity contribution in [3.63, 3.8) is 0 Å². The zero-order valence-corrected chi connectivity index (χ0v) is 11.6. The molecule has 2 aromatic rings. The zero-order valence-electron chi connectivity index (χ0n) is 11.6. The van der Waals surface area contributed by atoms with Crippen molar-refractivity contribution in [3.8, 4) is 11.5 Å². The molecule has 0 aliphatic carbocycles. The largest absolute Gasteiger partial charge is 0.493 e. The van der Waals surface area contributed by atoms with Gasteiger partial charge in [0.15, 0.2) is 11.5 Å². The van der Waals surface area contributed by atoms with Gasteiger partial charge in [-0.1, -0.05) is 0 Å². The highest BCUT2D eigenvalue weighted by molar-refractivity contribution is 5.86. The third kappa shape index (κ3) is 2.86. The molecule has 7 nitrogen and oxygen atoms in total. The van der Waals surface area contributed by atoms with E-state index >= 15 is 0 Å². The lowest BCUT2D eigenvalue weighted by atomic mass is 10.2. The maximum Gasteiger partial charge on any atom is 0.341 e. The van der Waals surface area contributed by atoms with Crippen LogP contribution >= 0.6 is 0 Å². The SMILES string of the molecule is COc1ccnc(Cn2cccc(C(=O)O)c2=O)c1OC. The summed E-state index contributed by atoms with van der Waals surface area (Å²) in [6.07, 6.45) is 3.03. The number of carboxylic acid groups (broad SMARTS) is 1. The molecule has 0 aromatic carbocycles. The molecule has 0 amide bonds. The quantitative estimate of drug-likeness (QED) is 0.883. The van der Waals surface area contributed by atoms with Crippen molar-refractivity contribution in [1.29, 1.82) is 0 Å². The monoisotopic (exact) mass is 290 g/mol. The van der Waals surface area contributed by atoms with Crippen LogP contribution in [0, 0.1) is 0 Å². The van der Waals surface area contributed by atoms with Crippen molar-refractivity contribution in [2.75, 3.05) is 14.2 Å². The van der Waals surface area contributed by atoms with Crippen LogP contribution in [-0.4, -0.2) is 34.8 Å². The Balaban J connectivity index is 2.46. The summed E-state index contributed by atoms with van der Waals surface area (Å²) in [5, 5.41) is 8.97. The summed E-state index contributed by atoms with van der Waals surface area (Å²) >= 11 is 0. The third-order valence-corrected chi connectivity index (χ3v) is 2.94. The molecule has 110 valence electrons. The molecule has 0 aliphatic rings. The fourth-order valence-corrected chi connectivity index (χ4v) is 1.95. The van der Waals surface area contributed by atoms with E-state index in [-0.39, 0.29) is 12.1 Å². The Kier molecular flexibility index (Phi) is 4.22. The second-order valence-corrected chi connectivity index (χ2v) is 4.15. The molecule has 0 unspecified atom stereocenters. The van der Waals surface area contributed by atoms with Crippen LogP contribution in [0.25, 0.3) is 0 Å². The van der Waals surface area contributed by atoms with Gasteiger partial charge in [0, 0.05) is 18.5 Å². The molecule has 0 spiro atoms. The van der Waals surface area contributed by atoms with Crippen molar-refractivity contribution in [3.05, 3.63) is 52.2 Å². The van der Waals surface area contributed by atoms with Gasteiger partial charge in [0.05, 0.1) is 20.8 Å². The van der Waals surface area contributed by atoms with E-state index in [2.05, 4.69) is 4.98 Å². The summed E-state index contributed by atoms with van der Waals surface area (Å²) in [6.45, 7) is 0.0837. The van der Waals surface area contributed by atoms with E-state index in [1.54, 1.807) is 6.07 Å². The van der Waals surface area contributed by atoms with E-state index in [1.807, 2.05) is 0 Å². The van der Waals surface area contributed by atoms with E-state index in [4.69, 9.17) is 14.6 Å². The molecular formula is C14H14N2O5. The molecule has 21 heavy (non-hydrogen) atoms. The number of aromatic carboxylic acids is 1. The predicted molar refractivity (Wildman–Crippen MR) is 74.1 cm³/mol. The number of aromatic nitrogens is 2. The minimum Gasteiger partial charge on any atom is -0.493 e. The van der Waals surface area contributed by atoms with Crippen molar-refractivity contribution in [2.45, 2.75) is 6.54 Å². The number of ether oxygens (including phenoxy) is 2. The summed E-state index contributed by atoms with van der Waals surface area (Å²) in [5.41, 5.74) is -0.419. The van der Waals surface area contributed by atoms with Crippen molar-refractivity contribution < 1.29 is 19.4 Å². The second-order valence-electron chi connectivity index (χ2n) is 4.15. The van der Waals surface area contributed by atoms with Crippen LogP contribution in [-0.2, 0) is 6.54 Å². The number of hydrogen-bond donors (Lipinski definition) is 1. The molecule has 0 bridgehead atoms. The van der Waals surface area contributed by atoms with Gasteiger partial charge >= 0.3 is 5.97 Å². The highest BCUT2D eigenvalue weighted by atomic mass is 16.5. The molecule has 0 radical (unpaired) electrons. The fraction of sp³-hybridized carbons (Fsp3) is 0.214. The Morgan fingerprint density at radius 2 is 2.10 bits per heavy atom. The van der Waals surface area contributed by atoms with Crippen LogP contribution in [0.5, 0.6) is 11.5 Å². The van der Waals surface area contributed by atoms with Crippen LogP contribution in [0.4, 0.5) is 0 Å². The first kappa shape index (κ1) is 14.6. The Labute approximate surface area is 120 Å². The van der Waals surface area contributed by atoms with Crippen molar-refractivity contribution in [2.24, 2.45) is 0 Å². The number of methoxy groups -OCH3 is 2. The van der Waals surface area contributed by atoms with E-state index in [0.717, 1.165) is 0 Å². The predicted octanol–water partition coefficient (Wildman–Crippen LogP) is 1.01. The average molecular weight is 290 g/mol. The molecule has 1 N–H and O–H groups in total. The molecule has 2 rings (SSSR count). The third-order valence-electron chi connectivity index (χ3n) is 2.94. The van der Waals surface area contributed by atoms with Gasteiger partial charge in [-0.05, 0) is 12.1 Å². The number of carboxylic acids is 1. The van der Waals surface area contributed by atoms with Gasteiger partial charge in [-0.3, -0.25) is 9.78 Å². The van der Waals surface area contributed by atoms with Crippen LogP contribution in [0.3, 0.4) is 0 Å². The number of rotatable bonds is 5. The molecule has 0 fully saturated rings. The van der Waals surface area contributed by atoms with Gasteiger partial charge in [0.2, 0.25) is 0 Å². The lowest BCUT2D eigenvalue weighted by Crippen LogP contribution is -2.26. The highest BCUT2D eigenvalue weighted by Crippen LogP contribution is 2.29. The fourth-order valence-electron chi connectivity index (χ4n) is 1.95. The number of nitrogens with zero attached hydrogens (tertiary/aromatic N) is 2. The van der Waals surface area contributed by atoms with Gasteiger partial charge in [0.1, 0.15) is 11.3 Å². The van der Waals surface area contributed by atoms with Crippen molar-refractivity contribution in [1.82, 2.24) is 9.55 Å². The van der Waals surface area contributed by atoms with Crippen molar-refractivity contribution >= 4 is 5.97 Å². The van der Waals surface area contributed by atoms with E-state index < -0.39 is 11.5 Å². The van der Waals surface area contributed by atoms with Crippen LogP contribution in [0.15, 0.2) is 35.4 Å². The number of hydrogen-bond acceptors (Lipinski definition) is 5. The molecule has 0 saturated carbocycles. The van der Waals surface area contributed by atoms with E-state index in [0.29, 0.717) is 17.2 Å². The summed E-state index contributed by atoms with van der Waals surface area (Å²) in [4.78, 5) is 27.2. The Morgan fingerprint density at radius 3 is 2.71 bits per heavy atom. The Bertz CT molecular complexity index is 724. The zero-order chi connectivity index (χ0) is 15.4. The molecule has 0 atom stereocenters. The van der Waals surface area contributed by atoms with E-state index in [9.17, 15) is 9.59 Å². The van der Waals surface area contributed by atoms with Crippen LogP contribution in [0.2, 0.25) is 0 Å². The van der Waals surface area contributed by atoms with Gasteiger partial charge in [-0.15, -0.1) is 0 Å². The van der Waals surface area contributed by atoms with Gasteiger partial charge < -0.3 is 19.1 Å². The highest BCUT2D eigenvalue weighted by Gasteiger charge is 2.14. The topological polar surface area (TPSA) is 90.7 Å². The lowest BCUT2D eigenvalue weighted by molar-refractivity contribution is 0.0694. The maximum absolute atomic E-state index is 12.1. The molecule has 7 heteroatoms. The summed E-state index contributed by atoms with van der Waals surface area (Å²) in [6, 6.07) is 4.40. The lowest BCUT2D eigenvalue weighted by Gasteiger charge is -2.12. The van der Waals surface area contributed by atoms with Gasteiger partial charge in [-0.2, -0.15) is 0 Å².